The Hall–Kier alpha value is -3.73. The second kappa shape index (κ2) is 14.3. The minimum absolute atomic E-state index is 0.277. The van der Waals surface area contributed by atoms with E-state index in [0.717, 1.165) is 30.4 Å². The zero-order valence-corrected chi connectivity index (χ0v) is 21.0. The van der Waals surface area contributed by atoms with Crippen molar-refractivity contribution in [2.45, 2.75) is 38.6 Å². The summed E-state index contributed by atoms with van der Waals surface area (Å²) in [6.45, 7) is 3.08. The highest BCUT2D eigenvalue weighted by Gasteiger charge is 2.15. The van der Waals surface area contributed by atoms with Gasteiger partial charge in [0.25, 0.3) is 5.91 Å². The molecule has 200 valence electrons. The SMILES string of the molecule is O=C(/C=C/c1cnc(NCCN(Cc2ccc(F)cc2)Cc2ccc(F)cc2)cn1)NOC1CCCCO1. The highest BCUT2D eigenvalue weighted by molar-refractivity contribution is 5.90. The molecule has 8 nitrogen and oxygen atoms in total. The summed E-state index contributed by atoms with van der Waals surface area (Å²) in [4.78, 5) is 28.0. The van der Waals surface area contributed by atoms with Gasteiger partial charge in [-0.25, -0.2) is 24.1 Å². The first kappa shape index (κ1) is 27.3. The second-order valence-corrected chi connectivity index (χ2v) is 8.93. The number of benzene rings is 2. The monoisotopic (exact) mass is 523 g/mol. The van der Waals surface area contributed by atoms with Gasteiger partial charge in [-0.2, -0.15) is 0 Å². The van der Waals surface area contributed by atoms with Crippen LogP contribution in [0.1, 0.15) is 36.1 Å². The Balaban J connectivity index is 1.25. The number of nitrogens with zero attached hydrogens (tertiary/aromatic N) is 3. The fourth-order valence-corrected chi connectivity index (χ4v) is 3.89. The largest absolute Gasteiger partial charge is 0.368 e. The van der Waals surface area contributed by atoms with Crippen molar-refractivity contribution < 1.29 is 23.1 Å². The molecule has 2 N–H and O–H groups in total. The molecule has 1 amide bonds. The average molecular weight is 524 g/mol. The van der Waals surface area contributed by atoms with Crippen molar-refractivity contribution in [1.82, 2.24) is 20.3 Å². The molecule has 1 fully saturated rings. The van der Waals surface area contributed by atoms with Crippen LogP contribution in [0, 0.1) is 11.6 Å². The van der Waals surface area contributed by atoms with Gasteiger partial charge in [-0.15, -0.1) is 0 Å². The predicted molar refractivity (Wildman–Crippen MR) is 139 cm³/mol. The molecule has 0 bridgehead atoms. The number of nitrogens with one attached hydrogen (secondary N) is 2. The van der Waals surface area contributed by atoms with E-state index in [1.54, 1.807) is 42.7 Å². The number of amides is 1. The maximum absolute atomic E-state index is 13.3. The van der Waals surface area contributed by atoms with E-state index in [-0.39, 0.29) is 11.6 Å². The first-order chi connectivity index (χ1) is 18.5. The Morgan fingerprint density at radius 1 is 1.00 bits per heavy atom. The van der Waals surface area contributed by atoms with E-state index in [9.17, 15) is 13.6 Å². The van der Waals surface area contributed by atoms with E-state index >= 15 is 0 Å². The van der Waals surface area contributed by atoms with Crippen LogP contribution in [0.4, 0.5) is 14.6 Å². The smallest absolute Gasteiger partial charge is 0.267 e. The maximum atomic E-state index is 13.3. The quantitative estimate of drug-likeness (QED) is 0.268. The van der Waals surface area contributed by atoms with Gasteiger partial charge >= 0.3 is 0 Å². The molecule has 0 radical (unpaired) electrons. The van der Waals surface area contributed by atoms with E-state index < -0.39 is 12.2 Å². The number of carbonyl (C=O) groups excluding carboxylic acids is 1. The molecule has 0 saturated carbocycles. The molecule has 3 aromatic rings. The number of halogens is 2. The highest BCUT2D eigenvalue weighted by Crippen LogP contribution is 2.13. The Morgan fingerprint density at radius 3 is 2.26 bits per heavy atom. The van der Waals surface area contributed by atoms with Gasteiger partial charge in [0.1, 0.15) is 17.5 Å². The molecule has 1 saturated heterocycles. The van der Waals surface area contributed by atoms with Crippen LogP contribution in [0.5, 0.6) is 0 Å². The second-order valence-electron chi connectivity index (χ2n) is 8.93. The molecule has 2 heterocycles. The van der Waals surface area contributed by atoms with Crippen molar-refractivity contribution in [1.29, 1.82) is 0 Å². The minimum atomic E-state index is -0.412. The molecule has 0 spiro atoms. The van der Waals surface area contributed by atoms with Gasteiger partial charge in [-0.3, -0.25) is 14.7 Å². The number of aromatic nitrogens is 2. The van der Waals surface area contributed by atoms with Crippen LogP contribution in [0.2, 0.25) is 0 Å². The third kappa shape index (κ3) is 9.29. The summed E-state index contributed by atoms with van der Waals surface area (Å²) in [5, 5.41) is 3.24. The Kier molecular flexibility index (Phi) is 10.3. The number of carbonyl (C=O) groups is 1. The van der Waals surface area contributed by atoms with Gasteiger partial charge in [-0.05, 0) is 54.3 Å². The lowest BCUT2D eigenvalue weighted by atomic mass is 10.1. The fourth-order valence-electron chi connectivity index (χ4n) is 3.89. The molecule has 0 aliphatic carbocycles. The maximum Gasteiger partial charge on any atom is 0.267 e. The molecular formula is C28H31F2N5O3. The van der Waals surface area contributed by atoms with Crippen LogP contribution in [-0.2, 0) is 27.5 Å². The number of hydrogen-bond acceptors (Lipinski definition) is 7. The summed E-state index contributed by atoms with van der Waals surface area (Å²) in [5.74, 6) is -0.376. The molecule has 1 aliphatic rings. The van der Waals surface area contributed by atoms with E-state index in [2.05, 4.69) is 25.7 Å². The Labute approximate surface area is 220 Å². The van der Waals surface area contributed by atoms with Crippen LogP contribution < -0.4 is 10.8 Å². The molecule has 2 aromatic carbocycles. The lowest BCUT2D eigenvalue weighted by Gasteiger charge is -2.23. The summed E-state index contributed by atoms with van der Waals surface area (Å²) >= 11 is 0. The standard InChI is InChI=1S/C28H31F2N5O3/c29-23-8-4-21(5-9-23)19-35(20-22-6-10-24(30)11-7-22)15-14-31-26-18-32-25(17-33-26)12-13-27(36)34-38-28-3-1-2-16-37-28/h4-13,17-18,28H,1-3,14-16,19-20H2,(H,31,33)(H,34,36)/b13-12+. The first-order valence-electron chi connectivity index (χ1n) is 12.6. The molecule has 4 rings (SSSR count). The average Bonchev–Trinajstić information content (AvgIpc) is 2.94. The highest BCUT2D eigenvalue weighted by atomic mass is 19.1. The normalized spacial score (nSPS) is 15.6. The third-order valence-corrected chi connectivity index (χ3v) is 5.88. The van der Waals surface area contributed by atoms with Crippen molar-refractivity contribution in [2.75, 3.05) is 25.0 Å². The zero-order chi connectivity index (χ0) is 26.6. The summed E-state index contributed by atoms with van der Waals surface area (Å²) < 4.78 is 32.0. The van der Waals surface area contributed by atoms with E-state index in [1.807, 2.05) is 0 Å². The van der Waals surface area contributed by atoms with Crippen molar-refractivity contribution in [3.63, 3.8) is 0 Å². The molecule has 38 heavy (non-hydrogen) atoms. The number of hydrogen-bond donors (Lipinski definition) is 2. The van der Waals surface area contributed by atoms with Crippen LogP contribution in [0.15, 0.2) is 67.0 Å². The van der Waals surface area contributed by atoms with Gasteiger partial charge in [-0.1, -0.05) is 24.3 Å². The molecular weight excluding hydrogens is 492 g/mol. The van der Waals surface area contributed by atoms with Gasteiger partial charge < -0.3 is 10.1 Å². The zero-order valence-electron chi connectivity index (χ0n) is 21.0. The third-order valence-electron chi connectivity index (χ3n) is 5.88. The number of anilines is 1. The van der Waals surface area contributed by atoms with E-state index in [1.165, 1.54) is 30.3 Å². The van der Waals surface area contributed by atoms with E-state index in [4.69, 9.17) is 9.57 Å². The minimum Gasteiger partial charge on any atom is -0.368 e. The van der Waals surface area contributed by atoms with Crippen LogP contribution in [0.25, 0.3) is 6.08 Å². The summed E-state index contributed by atoms with van der Waals surface area (Å²) in [5.41, 5.74) is 4.84. The lowest BCUT2D eigenvalue weighted by molar-refractivity contribution is -0.198. The number of hydroxylamine groups is 1. The van der Waals surface area contributed by atoms with E-state index in [0.29, 0.717) is 44.3 Å². The van der Waals surface area contributed by atoms with Gasteiger partial charge in [0.05, 0.1) is 18.1 Å². The fraction of sp³-hybridized carbons (Fsp3) is 0.321. The Morgan fingerprint density at radius 2 is 1.68 bits per heavy atom. The Bertz CT molecular complexity index is 1120. The molecule has 1 atom stereocenters. The summed E-state index contributed by atoms with van der Waals surface area (Å²) in [6.07, 6.45) is 8.37. The van der Waals surface area contributed by atoms with Crippen LogP contribution in [0.3, 0.4) is 0 Å². The van der Waals surface area contributed by atoms with Crippen molar-refractivity contribution in [2.24, 2.45) is 0 Å². The molecule has 10 heteroatoms. The van der Waals surface area contributed by atoms with Gasteiger partial charge in [0.15, 0.2) is 6.29 Å². The van der Waals surface area contributed by atoms with Gasteiger partial charge in [0.2, 0.25) is 0 Å². The van der Waals surface area contributed by atoms with Gasteiger partial charge in [0, 0.05) is 45.3 Å². The van der Waals surface area contributed by atoms with Crippen molar-refractivity contribution >= 4 is 17.8 Å². The summed E-state index contributed by atoms with van der Waals surface area (Å²) in [6, 6.07) is 12.8. The van der Waals surface area contributed by atoms with Crippen molar-refractivity contribution in [3.05, 3.63) is 95.5 Å². The van der Waals surface area contributed by atoms with Crippen LogP contribution >= 0.6 is 0 Å². The molecule has 1 unspecified atom stereocenters. The van der Waals surface area contributed by atoms with Crippen LogP contribution in [-0.4, -0.2) is 46.8 Å². The summed E-state index contributed by atoms with van der Waals surface area (Å²) in [7, 11) is 0. The topological polar surface area (TPSA) is 88.6 Å². The first-order valence-corrected chi connectivity index (χ1v) is 12.6. The number of rotatable bonds is 12. The molecule has 1 aliphatic heterocycles. The van der Waals surface area contributed by atoms with Crippen molar-refractivity contribution in [3.8, 4) is 0 Å². The number of ether oxygens (including phenoxy) is 1. The lowest BCUT2D eigenvalue weighted by Crippen LogP contribution is -2.32. The predicted octanol–water partition coefficient (Wildman–Crippen LogP) is 4.46. The molecule has 1 aromatic heterocycles.